The summed E-state index contributed by atoms with van der Waals surface area (Å²) >= 11 is 0. The van der Waals surface area contributed by atoms with Crippen molar-refractivity contribution in [1.29, 1.82) is 0 Å². The van der Waals surface area contributed by atoms with Crippen LogP contribution in [0.25, 0.3) is 10.9 Å². The first kappa shape index (κ1) is 9.77. The van der Waals surface area contributed by atoms with Crippen molar-refractivity contribution in [3.8, 4) is 0 Å². The van der Waals surface area contributed by atoms with E-state index in [4.69, 9.17) is 0 Å². The topological polar surface area (TPSA) is 66.5 Å². The van der Waals surface area contributed by atoms with Crippen LogP contribution in [-0.2, 0) is 6.54 Å². The number of nitrogens with one attached hydrogen (secondary N) is 2. The van der Waals surface area contributed by atoms with Crippen LogP contribution in [-0.4, -0.2) is 20.2 Å². The van der Waals surface area contributed by atoms with Crippen LogP contribution in [0.15, 0.2) is 42.7 Å². The standard InChI is InChI=1S/C12H11N5/c1-2-4-10-9(3-1)5-6-11(16-10)13-7-12-14-8-15-17-12/h1-6,8H,7H2,(H,13,16)(H,14,15,17). The summed E-state index contributed by atoms with van der Waals surface area (Å²) in [6.45, 7) is 0.589. The summed E-state index contributed by atoms with van der Waals surface area (Å²) in [4.78, 5) is 8.54. The molecule has 0 radical (unpaired) electrons. The molecule has 3 rings (SSSR count). The Morgan fingerprint density at radius 3 is 2.94 bits per heavy atom. The van der Waals surface area contributed by atoms with Gasteiger partial charge in [-0.25, -0.2) is 9.97 Å². The fourth-order valence-corrected chi connectivity index (χ4v) is 1.65. The number of nitrogens with zero attached hydrogens (tertiary/aromatic N) is 3. The Morgan fingerprint density at radius 1 is 1.12 bits per heavy atom. The molecule has 84 valence electrons. The summed E-state index contributed by atoms with van der Waals surface area (Å²) < 4.78 is 0. The summed E-state index contributed by atoms with van der Waals surface area (Å²) in [6.07, 6.45) is 1.49. The van der Waals surface area contributed by atoms with Gasteiger partial charge < -0.3 is 5.32 Å². The van der Waals surface area contributed by atoms with Gasteiger partial charge in [-0.2, -0.15) is 5.10 Å². The van der Waals surface area contributed by atoms with Crippen LogP contribution in [0.2, 0.25) is 0 Å². The predicted octanol–water partition coefficient (Wildman–Crippen LogP) is 1.96. The largest absolute Gasteiger partial charge is 0.363 e. The smallest absolute Gasteiger partial charge is 0.143 e. The van der Waals surface area contributed by atoms with Gasteiger partial charge in [0.15, 0.2) is 0 Å². The molecule has 0 bridgehead atoms. The van der Waals surface area contributed by atoms with E-state index in [2.05, 4.69) is 25.5 Å². The first-order valence-electron chi connectivity index (χ1n) is 5.36. The van der Waals surface area contributed by atoms with Crippen LogP contribution < -0.4 is 5.32 Å². The number of anilines is 1. The number of H-pyrrole nitrogens is 1. The van der Waals surface area contributed by atoms with E-state index in [1.807, 2.05) is 36.4 Å². The number of rotatable bonds is 3. The molecule has 0 unspecified atom stereocenters. The van der Waals surface area contributed by atoms with Crippen LogP contribution in [0.5, 0.6) is 0 Å². The van der Waals surface area contributed by atoms with E-state index in [9.17, 15) is 0 Å². The number of aromatic nitrogens is 4. The summed E-state index contributed by atoms with van der Waals surface area (Å²) in [7, 11) is 0. The van der Waals surface area contributed by atoms with Gasteiger partial charge in [0, 0.05) is 5.39 Å². The van der Waals surface area contributed by atoms with Gasteiger partial charge in [-0.3, -0.25) is 5.10 Å². The minimum Gasteiger partial charge on any atom is -0.363 e. The van der Waals surface area contributed by atoms with Crippen molar-refractivity contribution in [1.82, 2.24) is 20.2 Å². The van der Waals surface area contributed by atoms with E-state index in [1.54, 1.807) is 0 Å². The average molecular weight is 225 g/mol. The number of aromatic amines is 1. The Morgan fingerprint density at radius 2 is 2.06 bits per heavy atom. The van der Waals surface area contributed by atoms with Gasteiger partial charge >= 0.3 is 0 Å². The Labute approximate surface area is 97.9 Å². The fraction of sp³-hybridized carbons (Fsp3) is 0.0833. The van der Waals surface area contributed by atoms with Gasteiger partial charge in [-0.1, -0.05) is 18.2 Å². The lowest BCUT2D eigenvalue weighted by atomic mass is 10.2. The molecule has 3 aromatic rings. The monoisotopic (exact) mass is 225 g/mol. The Kier molecular flexibility index (Phi) is 2.42. The first-order chi connectivity index (χ1) is 8.42. The summed E-state index contributed by atoms with van der Waals surface area (Å²) in [5.41, 5.74) is 0.982. The van der Waals surface area contributed by atoms with Crippen LogP contribution in [0.1, 0.15) is 5.82 Å². The number of pyridine rings is 1. The van der Waals surface area contributed by atoms with Gasteiger partial charge in [0.25, 0.3) is 0 Å². The minimum atomic E-state index is 0.589. The third kappa shape index (κ3) is 2.08. The zero-order chi connectivity index (χ0) is 11.5. The van der Waals surface area contributed by atoms with E-state index in [-0.39, 0.29) is 0 Å². The van der Waals surface area contributed by atoms with Crippen LogP contribution in [0.3, 0.4) is 0 Å². The number of benzene rings is 1. The molecule has 0 fully saturated rings. The molecule has 17 heavy (non-hydrogen) atoms. The third-order valence-electron chi connectivity index (χ3n) is 2.50. The summed E-state index contributed by atoms with van der Waals surface area (Å²) in [5, 5.41) is 10.9. The Bertz CT molecular complexity index is 618. The molecule has 0 aliphatic rings. The van der Waals surface area contributed by atoms with Crippen molar-refractivity contribution in [2.75, 3.05) is 5.32 Å². The molecular formula is C12H11N5. The molecule has 2 N–H and O–H groups in total. The second kappa shape index (κ2) is 4.21. The molecule has 0 atom stereocenters. The number of para-hydroxylation sites is 1. The molecule has 5 nitrogen and oxygen atoms in total. The highest BCUT2D eigenvalue weighted by Gasteiger charge is 1.99. The van der Waals surface area contributed by atoms with E-state index in [0.717, 1.165) is 22.5 Å². The highest BCUT2D eigenvalue weighted by molar-refractivity contribution is 5.79. The Hall–Kier alpha value is -2.43. The molecule has 1 aromatic carbocycles. The maximum absolute atomic E-state index is 4.50. The van der Waals surface area contributed by atoms with Gasteiger partial charge in [-0.15, -0.1) is 0 Å². The zero-order valence-corrected chi connectivity index (χ0v) is 9.09. The highest BCUT2D eigenvalue weighted by Crippen LogP contribution is 2.14. The second-order valence-electron chi connectivity index (χ2n) is 3.67. The lowest BCUT2D eigenvalue weighted by molar-refractivity contribution is 0.949. The van der Waals surface area contributed by atoms with Crippen molar-refractivity contribution in [3.63, 3.8) is 0 Å². The SMILES string of the molecule is c1ccc2nc(NCc3ncn[nH]3)ccc2c1. The average Bonchev–Trinajstić information content (AvgIpc) is 2.89. The third-order valence-corrected chi connectivity index (χ3v) is 2.50. The van der Waals surface area contributed by atoms with Crippen molar-refractivity contribution in [2.45, 2.75) is 6.54 Å². The number of hydrogen-bond acceptors (Lipinski definition) is 4. The molecular weight excluding hydrogens is 214 g/mol. The van der Waals surface area contributed by atoms with E-state index >= 15 is 0 Å². The molecule has 0 amide bonds. The minimum absolute atomic E-state index is 0.589. The normalized spacial score (nSPS) is 10.6. The highest BCUT2D eigenvalue weighted by atomic mass is 15.2. The lowest BCUT2D eigenvalue weighted by Crippen LogP contribution is -2.02. The predicted molar refractivity (Wildman–Crippen MR) is 65.5 cm³/mol. The summed E-state index contributed by atoms with van der Waals surface area (Å²) in [5.74, 6) is 1.63. The molecule has 0 saturated heterocycles. The van der Waals surface area contributed by atoms with Crippen molar-refractivity contribution in [2.24, 2.45) is 0 Å². The van der Waals surface area contributed by atoms with E-state index in [0.29, 0.717) is 6.54 Å². The Balaban J connectivity index is 1.81. The van der Waals surface area contributed by atoms with E-state index in [1.165, 1.54) is 6.33 Å². The molecule has 0 aliphatic carbocycles. The van der Waals surface area contributed by atoms with Gasteiger partial charge in [-0.05, 0) is 18.2 Å². The van der Waals surface area contributed by atoms with Gasteiger partial charge in [0.2, 0.25) is 0 Å². The summed E-state index contributed by atoms with van der Waals surface area (Å²) in [6, 6.07) is 12.0. The molecule has 2 aromatic heterocycles. The van der Waals surface area contributed by atoms with Crippen molar-refractivity contribution in [3.05, 3.63) is 48.5 Å². The van der Waals surface area contributed by atoms with Crippen molar-refractivity contribution < 1.29 is 0 Å². The second-order valence-corrected chi connectivity index (χ2v) is 3.67. The first-order valence-corrected chi connectivity index (χ1v) is 5.36. The zero-order valence-electron chi connectivity index (χ0n) is 9.09. The van der Waals surface area contributed by atoms with Gasteiger partial charge in [0.05, 0.1) is 12.1 Å². The van der Waals surface area contributed by atoms with Crippen molar-refractivity contribution >= 4 is 16.7 Å². The molecule has 0 saturated carbocycles. The quantitative estimate of drug-likeness (QED) is 0.715. The van der Waals surface area contributed by atoms with Gasteiger partial charge in [0.1, 0.15) is 18.0 Å². The molecule has 0 spiro atoms. The van der Waals surface area contributed by atoms with Crippen LogP contribution in [0, 0.1) is 0 Å². The maximum atomic E-state index is 4.50. The van der Waals surface area contributed by atoms with Crippen LogP contribution >= 0.6 is 0 Å². The van der Waals surface area contributed by atoms with Crippen LogP contribution in [0.4, 0.5) is 5.82 Å². The lowest BCUT2D eigenvalue weighted by Gasteiger charge is -2.04. The fourth-order valence-electron chi connectivity index (χ4n) is 1.65. The number of fused-ring (bicyclic) bond motifs is 1. The molecule has 2 heterocycles. The number of hydrogen-bond donors (Lipinski definition) is 2. The maximum Gasteiger partial charge on any atom is 0.143 e. The van der Waals surface area contributed by atoms with E-state index < -0.39 is 0 Å². The molecule has 0 aliphatic heterocycles. The molecule has 5 heteroatoms.